The molecular weight excluding hydrogens is 240 g/mol. The number of aliphatic hydroxyl groups is 1. The number of benzene rings is 1. The Labute approximate surface area is 114 Å². The minimum Gasteiger partial charge on any atom is -0.387 e. The zero-order valence-corrected chi connectivity index (χ0v) is 11.5. The molecule has 1 heterocycles. The number of hydrogen-bond donors (Lipinski definition) is 3. The van der Waals surface area contributed by atoms with Crippen LogP contribution in [0.4, 0.5) is 0 Å². The first-order valence-electron chi connectivity index (χ1n) is 6.84. The van der Waals surface area contributed by atoms with Gasteiger partial charge in [0.25, 0.3) is 0 Å². The first kappa shape index (κ1) is 14.0. The van der Waals surface area contributed by atoms with Crippen molar-refractivity contribution in [3.8, 4) is 0 Å². The molecule has 2 unspecified atom stereocenters. The number of amides is 1. The smallest absolute Gasteiger partial charge is 0.221 e. The molecule has 1 aliphatic heterocycles. The molecule has 2 rings (SSSR count). The highest BCUT2D eigenvalue weighted by Crippen LogP contribution is 2.18. The summed E-state index contributed by atoms with van der Waals surface area (Å²) in [6.45, 7) is 5.42. The molecule has 1 aliphatic rings. The van der Waals surface area contributed by atoms with Crippen molar-refractivity contribution in [2.45, 2.75) is 38.3 Å². The van der Waals surface area contributed by atoms with E-state index in [4.69, 9.17) is 0 Å². The second kappa shape index (κ2) is 6.17. The number of rotatable bonds is 5. The monoisotopic (exact) mass is 262 g/mol. The molecule has 104 valence electrons. The number of hydrogen-bond acceptors (Lipinski definition) is 3. The molecule has 0 spiro atoms. The maximum absolute atomic E-state index is 11.1. The van der Waals surface area contributed by atoms with E-state index in [-0.39, 0.29) is 11.9 Å². The zero-order valence-electron chi connectivity index (χ0n) is 11.5. The lowest BCUT2D eigenvalue weighted by Crippen LogP contribution is -2.34. The number of nitrogens with one attached hydrogen (secondary N) is 2. The fraction of sp³-hybridized carbons (Fsp3) is 0.533. The van der Waals surface area contributed by atoms with Gasteiger partial charge < -0.3 is 15.7 Å². The highest BCUT2D eigenvalue weighted by molar-refractivity contribution is 5.78. The van der Waals surface area contributed by atoms with Crippen molar-refractivity contribution in [3.05, 3.63) is 35.4 Å². The summed E-state index contributed by atoms with van der Waals surface area (Å²) in [4.78, 5) is 11.1. The lowest BCUT2D eigenvalue weighted by molar-refractivity contribution is -0.119. The summed E-state index contributed by atoms with van der Waals surface area (Å²) in [6.07, 6.45) is -0.0316. The van der Waals surface area contributed by atoms with E-state index in [2.05, 4.69) is 36.6 Å². The normalized spacial score (nSPS) is 20.6. The van der Waals surface area contributed by atoms with Crippen LogP contribution in [0.3, 0.4) is 0 Å². The summed E-state index contributed by atoms with van der Waals surface area (Å²) in [7, 11) is 0. The van der Waals surface area contributed by atoms with E-state index in [9.17, 15) is 9.90 Å². The number of carbonyl (C=O) groups excluding carboxylic acids is 1. The first-order valence-corrected chi connectivity index (χ1v) is 6.84. The molecule has 2 atom stereocenters. The van der Waals surface area contributed by atoms with E-state index in [0.717, 1.165) is 5.56 Å². The van der Waals surface area contributed by atoms with Crippen LogP contribution < -0.4 is 10.6 Å². The van der Waals surface area contributed by atoms with Gasteiger partial charge in [0.15, 0.2) is 0 Å². The predicted molar refractivity (Wildman–Crippen MR) is 74.9 cm³/mol. The Kier molecular flexibility index (Phi) is 4.56. The van der Waals surface area contributed by atoms with Crippen LogP contribution in [0.2, 0.25) is 0 Å². The number of aliphatic hydroxyl groups excluding tert-OH is 1. The van der Waals surface area contributed by atoms with Gasteiger partial charge in [-0.05, 0) is 17.0 Å². The minimum atomic E-state index is -0.531. The second-order valence-electron chi connectivity index (χ2n) is 5.45. The van der Waals surface area contributed by atoms with E-state index < -0.39 is 6.10 Å². The second-order valence-corrected chi connectivity index (χ2v) is 5.45. The van der Waals surface area contributed by atoms with Crippen LogP contribution >= 0.6 is 0 Å². The molecule has 0 aliphatic carbocycles. The van der Waals surface area contributed by atoms with E-state index in [0.29, 0.717) is 25.4 Å². The fourth-order valence-electron chi connectivity index (χ4n) is 2.25. The molecule has 0 saturated carbocycles. The molecule has 0 bridgehead atoms. The molecule has 0 radical (unpaired) electrons. The van der Waals surface area contributed by atoms with Gasteiger partial charge in [0.1, 0.15) is 0 Å². The summed E-state index contributed by atoms with van der Waals surface area (Å²) in [5.41, 5.74) is 2.18. The number of carbonyl (C=O) groups is 1. The third-order valence-corrected chi connectivity index (χ3v) is 3.57. The van der Waals surface area contributed by atoms with Crippen molar-refractivity contribution < 1.29 is 9.90 Å². The van der Waals surface area contributed by atoms with E-state index in [1.807, 2.05) is 12.1 Å². The van der Waals surface area contributed by atoms with Gasteiger partial charge in [-0.1, -0.05) is 38.1 Å². The summed E-state index contributed by atoms with van der Waals surface area (Å²) >= 11 is 0. The van der Waals surface area contributed by atoms with Gasteiger partial charge in [0.2, 0.25) is 5.91 Å². The van der Waals surface area contributed by atoms with Crippen LogP contribution in [0.25, 0.3) is 0 Å². The summed E-state index contributed by atoms with van der Waals surface area (Å²) in [5.74, 6) is 0.577. The van der Waals surface area contributed by atoms with Gasteiger partial charge in [-0.15, -0.1) is 0 Å². The molecule has 1 aromatic carbocycles. The minimum absolute atomic E-state index is 0.0771. The first-order chi connectivity index (χ1) is 9.06. The third-order valence-electron chi connectivity index (χ3n) is 3.57. The zero-order chi connectivity index (χ0) is 13.8. The molecule has 4 heteroatoms. The van der Waals surface area contributed by atoms with Crippen molar-refractivity contribution >= 4 is 5.91 Å². The Bertz CT molecular complexity index is 428. The van der Waals surface area contributed by atoms with Crippen molar-refractivity contribution in [2.24, 2.45) is 0 Å². The Balaban J connectivity index is 1.85. The van der Waals surface area contributed by atoms with Crippen LogP contribution in [0, 0.1) is 0 Å². The Morgan fingerprint density at radius 1 is 1.32 bits per heavy atom. The van der Waals surface area contributed by atoms with Crippen molar-refractivity contribution in [1.29, 1.82) is 0 Å². The molecule has 1 saturated heterocycles. The van der Waals surface area contributed by atoms with Gasteiger partial charge in [-0.3, -0.25) is 4.79 Å². The van der Waals surface area contributed by atoms with E-state index in [1.54, 1.807) is 0 Å². The van der Waals surface area contributed by atoms with Crippen LogP contribution in [-0.2, 0) is 4.79 Å². The molecule has 19 heavy (non-hydrogen) atoms. The Morgan fingerprint density at radius 3 is 2.47 bits per heavy atom. The van der Waals surface area contributed by atoms with Gasteiger partial charge in [-0.2, -0.15) is 0 Å². The Hall–Kier alpha value is -1.39. The average molecular weight is 262 g/mol. The lowest BCUT2D eigenvalue weighted by atomic mass is 10.00. The van der Waals surface area contributed by atoms with Gasteiger partial charge in [-0.25, -0.2) is 0 Å². The maximum atomic E-state index is 11.1. The molecule has 4 nitrogen and oxygen atoms in total. The molecule has 1 amide bonds. The van der Waals surface area contributed by atoms with E-state index >= 15 is 0 Å². The largest absolute Gasteiger partial charge is 0.387 e. The summed E-state index contributed by atoms with van der Waals surface area (Å²) in [5, 5.41) is 16.1. The van der Waals surface area contributed by atoms with Crippen molar-refractivity contribution in [2.75, 3.05) is 13.1 Å². The SMILES string of the molecule is CC(C)c1ccc(C(O)CNC2CNC(=O)C2)cc1. The lowest BCUT2D eigenvalue weighted by Gasteiger charge is -2.16. The fourth-order valence-corrected chi connectivity index (χ4v) is 2.25. The van der Waals surface area contributed by atoms with Gasteiger partial charge in [0, 0.05) is 25.6 Å². The highest BCUT2D eigenvalue weighted by atomic mass is 16.3. The van der Waals surface area contributed by atoms with Crippen LogP contribution in [-0.4, -0.2) is 30.1 Å². The predicted octanol–water partition coefficient (Wildman–Crippen LogP) is 1.32. The average Bonchev–Trinajstić information content (AvgIpc) is 2.82. The quantitative estimate of drug-likeness (QED) is 0.750. The molecule has 1 aromatic rings. The summed E-state index contributed by atoms with van der Waals surface area (Å²) < 4.78 is 0. The van der Waals surface area contributed by atoms with E-state index in [1.165, 1.54) is 5.56 Å². The highest BCUT2D eigenvalue weighted by Gasteiger charge is 2.21. The van der Waals surface area contributed by atoms with Crippen LogP contribution in [0.1, 0.15) is 43.4 Å². The molecular formula is C15H22N2O2. The molecule has 3 N–H and O–H groups in total. The van der Waals surface area contributed by atoms with Crippen molar-refractivity contribution in [1.82, 2.24) is 10.6 Å². The summed E-state index contributed by atoms with van der Waals surface area (Å²) in [6, 6.07) is 8.20. The van der Waals surface area contributed by atoms with Gasteiger partial charge in [0.05, 0.1) is 6.10 Å². The third kappa shape index (κ3) is 3.78. The van der Waals surface area contributed by atoms with Crippen molar-refractivity contribution in [3.63, 3.8) is 0 Å². The van der Waals surface area contributed by atoms with Crippen LogP contribution in [0.15, 0.2) is 24.3 Å². The van der Waals surface area contributed by atoms with Gasteiger partial charge >= 0.3 is 0 Å². The van der Waals surface area contributed by atoms with Crippen LogP contribution in [0.5, 0.6) is 0 Å². The molecule has 1 fully saturated rings. The molecule has 0 aromatic heterocycles. The standard InChI is InChI=1S/C15H22N2O2/c1-10(2)11-3-5-12(6-4-11)14(18)9-16-13-7-15(19)17-8-13/h3-6,10,13-14,16,18H,7-9H2,1-2H3,(H,17,19). The topological polar surface area (TPSA) is 61.4 Å². The maximum Gasteiger partial charge on any atom is 0.221 e. The Morgan fingerprint density at radius 2 is 1.95 bits per heavy atom.